The van der Waals surface area contributed by atoms with Gasteiger partial charge < -0.3 is 14.2 Å². The van der Waals surface area contributed by atoms with Crippen LogP contribution in [-0.4, -0.2) is 29.1 Å². The molecule has 0 aliphatic rings. The molecule has 0 spiro atoms. The van der Waals surface area contributed by atoms with Gasteiger partial charge in [0.1, 0.15) is 6.54 Å². The Hall–Kier alpha value is -3.59. The Kier molecular flexibility index (Phi) is 6.30. The molecule has 1 unspecified atom stereocenters. The minimum atomic E-state index is -0.955. The molecule has 0 radical (unpaired) electrons. The van der Waals surface area contributed by atoms with Crippen molar-refractivity contribution >= 4 is 28.5 Å². The molecule has 6 nitrogen and oxygen atoms in total. The molecule has 0 bridgehead atoms. The Morgan fingerprint density at radius 3 is 2.55 bits per heavy atom. The van der Waals surface area contributed by atoms with Crippen LogP contribution >= 0.6 is 0 Å². The van der Waals surface area contributed by atoms with Crippen LogP contribution in [0.3, 0.4) is 0 Å². The Balaban J connectivity index is 1.71. The summed E-state index contributed by atoms with van der Waals surface area (Å²) < 4.78 is 7.31. The van der Waals surface area contributed by atoms with Gasteiger partial charge in [0.25, 0.3) is 5.91 Å². The van der Waals surface area contributed by atoms with E-state index in [4.69, 9.17) is 10.00 Å². The van der Waals surface area contributed by atoms with Gasteiger partial charge in [-0.15, -0.1) is 0 Å². The van der Waals surface area contributed by atoms with Crippen molar-refractivity contribution in [2.45, 2.75) is 32.9 Å². The fourth-order valence-electron chi connectivity index (χ4n) is 3.33. The molecule has 1 heterocycles. The lowest BCUT2D eigenvalue weighted by Crippen LogP contribution is -2.41. The van der Waals surface area contributed by atoms with Crippen LogP contribution in [0.15, 0.2) is 60.7 Å². The van der Waals surface area contributed by atoms with Crippen molar-refractivity contribution in [2.24, 2.45) is 0 Å². The van der Waals surface area contributed by atoms with Crippen LogP contribution in [0, 0.1) is 18.3 Å². The third kappa shape index (κ3) is 4.64. The lowest BCUT2D eigenvalue weighted by molar-refractivity contribution is -0.154. The van der Waals surface area contributed by atoms with E-state index in [1.165, 1.54) is 4.90 Å². The first-order valence-corrected chi connectivity index (χ1v) is 9.49. The average Bonchev–Trinajstić information content (AvgIpc) is 3.04. The largest absolute Gasteiger partial charge is 0.451 e. The van der Waals surface area contributed by atoms with Crippen molar-refractivity contribution in [3.8, 4) is 6.07 Å². The van der Waals surface area contributed by atoms with Crippen LogP contribution in [0.25, 0.3) is 10.9 Å². The van der Waals surface area contributed by atoms with Gasteiger partial charge in [-0.05, 0) is 43.5 Å². The highest BCUT2D eigenvalue weighted by Crippen LogP contribution is 2.20. The number of carbonyl (C=O) groups is 2. The minimum Gasteiger partial charge on any atom is -0.451 e. The summed E-state index contributed by atoms with van der Waals surface area (Å²) in [6.07, 6.45) is -0.765. The van der Waals surface area contributed by atoms with Crippen LogP contribution in [-0.2, 0) is 20.9 Å². The molecule has 148 valence electrons. The predicted molar refractivity (Wildman–Crippen MR) is 111 cm³/mol. The highest BCUT2D eigenvalue weighted by molar-refractivity contribution is 5.97. The molecular weight excluding hydrogens is 366 g/mol. The fourth-order valence-corrected chi connectivity index (χ4v) is 3.33. The van der Waals surface area contributed by atoms with Crippen LogP contribution in [0.4, 0.5) is 5.69 Å². The van der Waals surface area contributed by atoms with E-state index in [9.17, 15) is 9.59 Å². The van der Waals surface area contributed by atoms with Gasteiger partial charge >= 0.3 is 5.97 Å². The number of fused-ring (bicyclic) bond motifs is 1. The summed E-state index contributed by atoms with van der Waals surface area (Å²) in [5.74, 6) is -0.836. The van der Waals surface area contributed by atoms with Crippen molar-refractivity contribution in [3.05, 3.63) is 66.4 Å². The predicted octanol–water partition coefficient (Wildman–Crippen LogP) is 3.83. The first-order valence-electron chi connectivity index (χ1n) is 9.49. The number of benzene rings is 2. The molecule has 29 heavy (non-hydrogen) atoms. The van der Waals surface area contributed by atoms with Gasteiger partial charge in [-0.3, -0.25) is 9.59 Å². The third-order valence-electron chi connectivity index (χ3n) is 4.74. The van der Waals surface area contributed by atoms with Crippen LogP contribution in [0.1, 0.15) is 19.0 Å². The number of esters is 1. The van der Waals surface area contributed by atoms with E-state index in [1.54, 1.807) is 19.1 Å². The van der Waals surface area contributed by atoms with Crippen molar-refractivity contribution in [2.75, 3.05) is 11.4 Å². The molecule has 6 heteroatoms. The number of nitrogens with zero attached hydrogens (tertiary/aromatic N) is 3. The van der Waals surface area contributed by atoms with Crippen LogP contribution in [0.5, 0.6) is 0 Å². The molecular formula is C23H23N3O3. The van der Waals surface area contributed by atoms with E-state index in [0.717, 1.165) is 16.6 Å². The maximum absolute atomic E-state index is 12.9. The SMILES string of the molecule is Cc1cc2ccccc2n1CC(=O)OC(C)C(=O)N(CCC#N)c1ccccc1. The lowest BCUT2D eigenvalue weighted by atomic mass is 10.2. The molecule has 0 aliphatic heterocycles. The summed E-state index contributed by atoms with van der Waals surface area (Å²) in [7, 11) is 0. The molecule has 3 aromatic rings. The summed E-state index contributed by atoms with van der Waals surface area (Å²) in [4.78, 5) is 26.9. The second kappa shape index (κ2) is 9.07. The van der Waals surface area contributed by atoms with Gasteiger partial charge in [-0.25, -0.2) is 0 Å². The number of anilines is 1. The minimum absolute atomic E-state index is 0.0283. The molecule has 0 fully saturated rings. The van der Waals surface area contributed by atoms with E-state index < -0.39 is 12.1 Å². The number of rotatable bonds is 7. The monoisotopic (exact) mass is 389 g/mol. The summed E-state index contributed by atoms with van der Waals surface area (Å²) in [6, 6.07) is 20.9. The Morgan fingerprint density at radius 1 is 1.14 bits per heavy atom. The average molecular weight is 389 g/mol. The van der Waals surface area contributed by atoms with Crippen LogP contribution < -0.4 is 4.90 Å². The Labute approximate surface area is 169 Å². The molecule has 0 aliphatic carbocycles. The number of nitriles is 1. The number of aromatic nitrogens is 1. The quantitative estimate of drug-likeness (QED) is 0.576. The van der Waals surface area contributed by atoms with Crippen LogP contribution in [0.2, 0.25) is 0 Å². The summed E-state index contributed by atoms with van der Waals surface area (Å²) in [5.41, 5.74) is 2.56. The van der Waals surface area contributed by atoms with Crippen molar-refractivity contribution < 1.29 is 14.3 Å². The number of carbonyl (C=O) groups excluding carboxylic acids is 2. The topological polar surface area (TPSA) is 75.3 Å². The van der Waals surface area contributed by atoms with Gasteiger partial charge in [0.2, 0.25) is 0 Å². The second-order valence-corrected chi connectivity index (χ2v) is 6.80. The maximum atomic E-state index is 12.9. The summed E-state index contributed by atoms with van der Waals surface area (Å²) in [6.45, 7) is 3.76. The summed E-state index contributed by atoms with van der Waals surface area (Å²) >= 11 is 0. The Morgan fingerprint density at radius 2 is 1.83 bits per heavy atom. The maximum Gasteiger partial charge on any atom is 0.326 e. The molecule has 1 atom stereocenters. The Bertz CT molecular complexity index is 1050. The molecule has 0 saturated heterocycles. The molecule has 0 saturated carbocycles. The van der Waals surface area contributed by atoms with Gasteiger partial charge in [0.05, 0.1) is 12.5 Å². The van der Waals surface area contributed by atoms with E-state index in [1.807, 2.05) is 60.0 Å². The van der Waals surface area contributed by atoms with Crippen molar-refractivity contribution in [1.82, 2.24) is 4.57 Å². The highest BCUT2D eigenvalue weighted by atomic mass is 16.5. The normalized spacial score (nSPS) is 11.6. The number of ether oxygens (including phenoxy) is 1. The number of hydrogen-bond donors (Lipinski definition) is 0. The number of hydrogen-bond acceptors (Lipinski definition) is 4. The smallest absolute Gasteiger partial charge is 0.326 e. The molecule has 1 aromatic heterocycles. The van der Waals surface area contributed by atoms with Gasteiger partial charge in [0.15, 0.2) is 6.10 Å². The molecule has 1 amide bonds. The first-order chi connectivity index (χ1) is 14.0. The number of para-hydroxylation sites is 2. The molecule has 3 rings (SSSR count). The zero-order chi connectivity index (χ0) is 20.8. The summed E-state index contributed by atoms with van der Waals surface area (Å²) in [5, 5.41) is 9.96. The zero-order valence-corrected chi connectivity index (χ0v) is 16.5. The van der Waals surface area contributed by atoms with Gasteiger partial charge in [-0.2, -0.15) is 5.26 Å². The first kappa shape index (κ1) is 20.2. The lowest BCUT2D eigenvalue weighted by Gasteiger charge is -2.25. The molecule has 0 N–H and O–H groups in total. The van der Waals surface area contributed by atoms with E-state index >= 15 is 0 Å². The fraction of sp³-hybridized carbons (Fsp3) is 0.261. The third-order valence-corrected chi connectivity index (χ3v) is 4.74. The van der Waals surface area contributed by atoms with E-state index in [-0.39, 0.29) is 25.4 Å². The van der Waals surface area contributed by atoms with Crippen molar-refractivity contribution in [1.29, 1.82) is 5.26 Å². The number of aryl methyl sites for hydroxylation is 1. The highest BCUT2D eigenvalue weighted by Gasteiger charge is 2.25. The van der Waals surface area contributed by atoms with E-state index in [0.29, 0.717) is 5.69 Å². The molecule has 2 aromatic carbocycles. The van der Waals surface area contributed by atoms with E-state index in [2.05, 4.69) is 6.07 Å². The van der Waals surface area contributed by atoms with Gasteiger partial charge in [-0.1, -0.05) is 36.4 Å². The number of amides is 1. The van der Waals surface area contributed by atoms with Gasteiger partial charge in [0, 0.05) is 23.4 Å². The van der Waals surface area contributed by atoms with Crippen molar-refractivity contribution in [3.63, 3.8) is 0 Å². The standard InChI is InChI=1S/C23H23N3O3/c1-17-15-19-9-6-7-12-21(19)26(17)16-22(27)29-18(2)23(28)25(14-8-13-24)20-10-4-3-5-11-20/h3-7,9-12,15,18H,8,14,16H2,1-2H3. The zero-order valence-electron chi connectivity index (χ0n) is 16.5. The second-order valence-electron chi connectivity index (χ2n) is 6.80.